The van der Waals surface area contributed by atoms with Gasteiger partial charge in [0.05, 0.1) is 16.4 Å². The van der Waals surface area contributed by atoms with E-state index in [-0.39, 0.29) is 24.0 Å². The van der Waals surface area contributed by atoms with Crippen LogP contribution >= 0.6 is 27.3 Å². The summed E-state index contributed by atoms with van der Waals surface area (Å²) in [6.07, 6.45) is 0. The normalized spacial score (nSPS) is 14.6. The maximum absolute atomic E-state index is 12.0. The molecule has 114 valence electrons. The van der Waals surface area contributed by atoms with E-state index in [1.165, 1.54) is 4.88 Å². The number of halogens is 1. The van der Waals surface area contributed by atoms with E-state index >= 15 is 0 Å². The van der Waals surface area contributed by atoms with Crippen molar-refractivity contribution in [1.29, 1.82) is 0 Å². The lowest BCUT2D eigenvalue weighted by Crippen LogP contribution is -2.45. The first kappa shape index (κ1) is 17.6. The highest BCUT2D eigenvalue weighted by Crippen LogP contribution is 2.32. The SMILES string of the molecule is CCN(CC(=O)NC(C)C)C(c1ccc(Br)s1)C(C)N. The Kier molecular flexibility index (Phi) is 7.15. The van der Waals surface area contributed by atoms with Crippen LogP contribution in [0.1, 0.15) is 38.6 Å². The molecule has 6 heteroatoms. The van der Waals surface area contributed by atoms with Crippen LogP contribution in [0.15, 0.2) is 15.9 Å². The minimum absolute atomic E-state index is 0.0349. The van der Waals surface area contributed by atoms with Crippen LogP contribution in [0.5, 0.6) is 0 Å². The maximum Gasteiger partial charge on any atom is 0.234 e. The van der Waals surface area contributed by atoms with Crippen molar-refractivity contribution in [3.8, 4) is 0 Å². The average Bonchev–Trinajstić information content (AvgIpc) is 2.73. The molecule has 1 heterocycles. The molecule has 20 heavy (non-hydrogen) atoms. The van der Waals surface area contributed by atoms with Crippen LogP contribution in [-0.2, 0) is 4.79 Å². The van der Waals surface area contributed by atoms with E-state index in [0.717, 1.165) is 10.3 Å². The van der Waals surface area contributed by atoms with Crippen molar-refractivity contribution < 1.29 is 4.79 Å². The molecule has 0 aliphatic rings. The van der Waals surface area contributed by atoms with Crippen LogP contribution in [0.25, 0.3) is 0 Å². The fourth-order valence-electron chi connectivity index (χ4n) is 2.22. The van der Waals surface area contributed by atoms with Gasteiger partial charge in [-0.3, -0.25) is 9.69 Å². The van der Waals surface area contributed by atoms with E-state index in [1.807, 2.05) is 26.8 Å². The summed E-state index contributed by atoms with van der Waals surface area (Å²) >= 11 is 5.16. The largest absolute Gasteiger partial charge is 0.353 e. The van der Waals surface area contributed by atoms with E-state index < -0.39 is 0 Å². The number of likely N-dealkylation sites (N-methyl/N-ethyl adjacent to an activating group) is 1. The number of hydrogen-bond acceptors (Lipinski definition) is 4. The average molecular weight is 362 g/mol. The topological polar surface area (TPSA) is 58.4 Å². The Morgan fingerprint density at radius 2 is 2.10 bits per heavy atom. The zero-order chi connectivity index (χ0) is 15.3. The van der Waals surface area contributed by atoms with Gasteiger partial charge in [-0.25, -0.2) is 0 Å². The molecule has 0 bridgehead atoms. The first-order chi connectivity index (χ1) is 9.35. The molecule has 2 unspecified atom stereocenters. The van der Waals surface area contributed by atoms with Crippen LogP contribution in [0, 0.1) is 0 Å². The molecule has 0 aromatic carbocycles. The Hall–Kier alpha value is -0.430. The van der Waals surface area contributed by atoms with Crippen molar-refractivity contribution in [3.63, 3.8) is 0 Å². The second kappa shape index (κ2) is 8.12. The Balaban J connectivity index is 2.85. The third-order valence-corrected chi connectivity index (χ3v) is 4.67. The smallest absolute Gasteiger partial charge is 0.234 e. The van der Waals surface area contributed by atoms with Crippen molar-refractivity contribution in [1.82, 2.24) is 10.2 Å². The summed E-state index contributed by atoms with van der Waals surface area (Å²) in [5.74, 6) is 0.0446. The molecule has 3 N–H and O–H groups in total. The summed E-state index contributed by atoms with van der Waals surface area (Å²) in [4.78, 5) is 15.3. The molecular weight excluding hydrogens is 338 g/mol. The fraction of sp³-hybridized carbons (Fsp3) is 0.643. The van der Waals surface area contributed by atoms with Crippen molar-refractivity contribution in [2.75, 3.05) is 13.1 Å². The predicted molar refractivity (Wildman–Crippen MR) is 88.9 cm³/mol. The highest BCUT2D eigenvalue weighted by atomic mass is 79.9. The number of carbonyl (C=O) groups excluding carboxylic acids is 1. The highest BCUT2D eigenvalue weighted by molar-refractivity contribution is 9.11. The number of nitrogens with two attached hydrogens (primary N) is 1. The van der Waals surface area contributed by atoms with E-state index in [4.69, 9.17) is 5.73 Å². The zero-order valence-corrected chi connectivity index (χ0v) is 14.9. The summed E-state index contributed by atoms with van der Waals surface area (Å²) in [6, 6.07) is 4.29. The van der Waals surface area contributed by atoms with Crippen LogP contribution in [0.3, 0.4) is 0 Å². The van der Waals surface area contributed by atoms with Crippen molar-refractivity contribution in [3.05, 3.63) is 20.8 Å². The van der Waals surface area contributed by atoms with Gasteiger partial charge in [-0.2, -0.15) is 0 Å². The van der Waals surface area contributed by atoms with E-state index in [1.54, 1.807) is 11.3 Å². The van der Waals surface area contributed by atoms with E-state index in [9.17, 15) is 4.79 Å². The summed E-state index contributed by atoms with van der Waals surface area (Å²) in [5, 5.41) is 2.93. The Morgan fingerprint density at radius 1 is 1.45 bits per heavy atom. The summed E-state index contributed by atoms with van der Waals surface area (Å²) < 4.78 is 1.08. The molecular formula is C14H24BrN3OS. The minimum Gasteiger partial charge on any atom is -0.353 e. The second-order valence-corrected chi connectivity index (χ2v) is 7.73. The number of rotatable bonds is 7. The molecule has 1 aromatic heterocycles. The lowest BCUT2D eigenvalue weighted by atomic mass is 10.1. The molecule has 0 aliphatic carbocycles. The lowest BCUT2D eigenvalue weighted by molar-refractivity contribution is -0.123. The van der Waals surface area contributed by atoms with E-state index in [0.29, 0.717) is 6.54 Å². The number of hydrogen-bond donors (Lipinski definition) is 2. The zero-order valence-electron chi connectivity index (χ0n) is 12.5. The molecule has 1 amide bonds. The number of nitrogens with zero attached hydrogens (tertiary/aromatic N) is 1. The number of carbonyl (C=O) groups is 1. The standard InChI is InChI=1S/C14H24BrN3OS/c1-5-18(8-13(19)17-9(2)3)14(10(4)16)11-6-7-12(15)20-11/h6-7,9-10,14H,5,8,16H2,1-4H3,(H,17,19). The van der Waals surface area contributed by atoms with Crippen LogP contribution in [0.2, 0.25) is 0 Å². The molecule has 0 spiro atoms. The maximum atomic E-state index is 12.0. The first-order valence-electron chi connectivity index (χ1n) is 6.89. The van der Waals surface area contributed by atoms with Gasteiger partial charge in [0, 0.05) is 17.0 Å². The van der Waals surface area contributed by atoms with Crippen molar-refractivity contribution in [2.45, 2.75) is 45.8 Å². The molecule has 1 rings (SSSR count). The van der Waals surface area contributed by atoms with Gasteiger partial charge < -0.3 is 11.1 Å². The monoisotopic (exact) mass is 361 g/mol. The summed E-state index contributed by atoms with van der Waals surface area (Å²) in [5.41, 5.74) is 6.15. The van der Waals surface area contributed by atoms with Gasteiger partial charge in [-0.1, -0.05) is 6.92 Å². The Bertz CT molecular complexity index is 434. The first-order valence-corrected chi connectivity index (χ1v) is 8.50. The molecule has 1 aromatic rings. The molecule has 0 radical (unpaired) electrons. The van der Waals surface area contributed by atoms with Crippen LogP contribution in [0.4, 0.5) is 0 Å². The van der Waals surface area contributed by atoms with Gasteiger partial charge in [0.25, 0.3) is 0 Å². The van der Waals surface area contributed by atoms with Gasteiger partial charge >= 0.3 is 0 Å². The minimum atomic E-state index is -0.0349. The molecule has 4 nitrogen and oxygen atoms in total. The van der Waals surface area contributed by atoms with E-state index in [2.05, 4.69) is 39.1 Å². The Labute approximate surface area is 133 Å². The number of nitrogens with one attached hydrogen (secondary N) is 1. The van der Waals surface area contributed by atoms with Crippen LogP contribution in [-0.4, -0.2) is 36.0 Å². The molecule has 0 saturated heterocycles. The van der Waals surface area contributed by atoms with Gasteiger partial charge in [-0.05, 0) is 55.4 Å². The Morgan fingerprint density at radius 3 is 2.50 bits per heavy atom. The highest BCUT2D eigenvalue weighted by Gasteiger charge is 2.26. The van der Waals surface area contributed by atoms with Crippen molar-refractivity contribution >= 4 is 33.2 Å². The number of amides is 1. The lowest BCUT2D eigenvalue weighted by Gasteiger charge is -2.32. The molecule has 0 fully saturated rings. The third kappa shape index (κ3) is 5.16. The molecule has 2 atom stereocenters. The second-order valence-electron chi connectivity index (χ2n) is 5.23. The predicted octanol–water partition coefficient (Wildman–Crippen LogP) is 2.75. The molecule has 0 aliphatic heterocycles. The third-order valence-electron chi connectivity index (χ3n) is 2.98. The van der Waals surface area contributed by atoms with Gasteiger partial charge in [-0.15, -0.1) is 11.3 Å². The number of thiophene rings is 1. The van der Waals surface area contributed by atoms with Crippen molar-refractivity contribution in [2.24, 2.45) is 5.73 Å². The van der Waals surface area contributed by atoms with Gasteiger partial charge in [0.1, 0.15) is 0 Å². The van der Waals surface area contributed by atoms with Gasteiger partial charge in [0.15, 0.2) is 0 Å². The summed E-state index contributed by atoms with van der Waals surface area (Å²) in [7, 11) is 0. The molecule has 0 saturated carbocycles. The summed E-state index contributed by atoms with van der Waals surface area (Å²) in [6.45, 7) is 9.13. The quantitative estimate of drug-likeness (QED) is 0.784. The van der Waals surface area contributed by atoms with Crippen LogP contribution < -0.4 is 11.1 Å². The fourth-order valence-corrected chi connectivity index (χ4v) is 3.89. The van der Waals surface area contributed by atoms with Gasteiger partial charge in [0.2, 0.25) is 5.91 Å².